The third-order valence-corrected chi connectivity index (χ3v) is 5.20. The minimum Gasteiger partial charge on any atom is -0.481 e. The molecule has 1 fully saturated rings. The summed E-state index contributed by atoms with van der Waals surface area (Å²) in [5, 5.41) is 16.2. The van der Waals surface area contributed by atoms with Gasteiger partial charge in [0.05, 0.1) is 11.6 Å². The number of hydrogen-bond donors (Lipinski definition) is 3. The summed E-state index contributed by atoms with van der Waals surface area (Å²) in [6.45, 7) is 0.429. The Morgan fingerprint density at radius 3 is 2.43 bits per heavy atom. The molecule has 1 heterocycles. The standard InChI is InChI=1S/C20H24N4O4/c1-24-19(26)16(10-17(23-24)13-4-2-12(11-21)3-5-13)18(25)22-15-8-6-14(7-9-15)20(27)28/h2-5,10,14-15H,6-9,11,21H2,1H3,(H,22,25)(H,27,28). The number of nitrogens with one attached hydrogen (secondary N) is 1. The lowest BCUT2D eigenvalue weighted by Crippen LogP contribution is -2.41. The molecule has 0 radical (unpaired) electrons. The van der Waals surface area contributed by atoms with E-state index in [4.69, 9.17) is 10.8 Å². The maximum atomic E-state index is 12.7. The van der Waals surface area contributed by atoms with E-state index in [0.29, 0.717) is 37.9 Å². The quantitative estimate of drug-likeness (QED) is 0.713. The van der Waals surface area contributed by atoms with Crippen molar-refractivity contribution >= 4 is 11.9 Å². The summed E-state index contributed by atoms with van der Waals surface area (Å²) in [4.78, 5) is 36.2. The van der Waals surface area contributed by atoms with Crippen molar-refractivity contribution in [3.63, 3.8) is 0 Å². The fraction of sp³-hybridized carbons (Fsp3) is 0.400. The normalized spacial score (nSPS) is 19.2. The molecular formula is C20H24N4O4. The van der Waals surface area contributed by atoms with Gasteiger partial charge < -0.3 is 16.2 Å². The van der Waals surface area contributed by atoms with Gasteiger partial charge in [-0.2, -0.15) is 5.10 Å². The van der Waals surface area contributed by atoms with Crippen molar-refractivity contribution in [3.05, 3.63) is 51.8 Å². The van der Waals surface area contributed by atoms with Crippen LogP contribution in [0.2, 0.25) is 0 Å². The third kappa shape index (κ3) is 4.28. The fourth-order valence-electron chi connectivity index (χ4n) is 3.47. The van der Waals surface area contributed by atoms with Crippen molar-refractivity contribution in [2.75, 3.05) is 0 Å². The molecule has 8 nitrogen and oxygen atoms in total. The summed E-state index contributed by atoms with van der Waals surface area (Å²) in [5.74, 6) is -1.61. The number of carboxylic acid groups (broad SMARTS) is 1. The molecule has 4 N–H and O–H groups in total. The highest BCUT2D eigenvalue weighted by Gasteiger charge is 2.27. The first-order chi connectivity index (χ1) is 13.4. The average molecular weight is 384 g/mol. The summed E-state index contributed by atoms with van der Waals surface area (Å²) in [6, 6.07) is 8.82. The highest BCUT2D eigenvalue weighted by atomic mass is 16.4. The van der Waals surface area contributed by atoms with Crippen LogP contribution in [0, 0.1) is 5.92 Å². The number of aryl methyl sites for hydroxylation is 1. The minimum atomic E-state index is -0.793. The number of benzene rings is 1. The molecule has 0 spiro atoms. The molecule has 0 bridgehead atoms. The maximum Gasteiger partial charge on any atom is 0.306 e. The highest BCUT2D eigenvalue weighted by Crippen LogP contribution is 2.24. The molecule has 1 saturated carbocycles. The van der Waals surface area contributed by atoms with Crippen molar-refractivity contribution in [3.8, 4) is 11.3 Å². The number of carbonyl (C=O) groups is 2. The van der Waals surface area contributed by atoms with Crippen LogP contribution < -0.4 is 16.6 Å². The third-order valence-electron chi connectivity index (χ3n) is 5.20. The van der Waals surface area contributed by atoms with Crippen LogP contribution in [0.15, 0.2) is 35.1 Å². The molecule has 1 aromatic heterocycles. The van der Waals surface area contributed by atoms with Crippen molar-refractivity contribution in [1.82, 2.24) is 15.1 Å². The molecule has 1 aromatic carbocycles. The van der Waals surface area contributed by atoms with E-state index in [1.807, 2.05) is 24.3 Å². The number of amides is 1. The van der Waals surface area contributed by atoms with E-state index < -0.39 is 17.4 Å². The monoisotopic (exact) mass is 384 g/mol. The van der Waals surface area contributed by atoms with E-state index in [1.54, 1.807) is 0 Å². The molecule has 2 aromatic rings. The molecule has 0 saturated heterocycles. The van der Waals surface area contributed by atoms with Crippen LogP contribution >= 0.6 is 0 Å². The molecular weight excluding hydrogens is 360 g/mol. The van der Waals surface area contributed by atoms with Gasteiger partial charge in [0.2, 0.25) is 0 Å². The number of rotatable bonds is 5. The Labute approximate surface area is 162 Å². The number of nitrogens with zero attached hydrogens (tertiary/aromatic N) is 2. The fourth-order valence-corrected chi connectivity index (χ4v) is 3.47. The zero-order chi connectivity index (χ0) is 20.3. The molecule has 28 heavy (non-hydrogen) atoms. The molecule has 148 valence electrons. The predicted molar refractivity (Wildman–Crippen MR) is 104 cm³/mol. The van der Waals surface area contributed by atoms with E-state index in [0.717, 1.165) is 15.8 Å². The van der Waals surface area contributed by atoms with Crippen LogP contribution in [0.4, 0.5) is 0 Å². The van der Waals surface area contributed by atoms with Crippen molar-refractivity contribution in [2.24, 2.45) is 18.7 Å². The summed E-state index contributed by atoms with van der Waals surface area (Å²) < 4.78 is 1.16. The first-order valence-electron chi connectivity index (χ1n) is 9.30. The van der Waals surface area contributed by atoms with Gasteiger partial charge in [0.25, 0.3) is 11.5 Å². The number of carbonyl (C=O) groups excluding carboxylic acids is 1. The molecule has 8 heteroatoms. The van der Waals surface area contributed by atoms with Crippen LogP contribution in [-0.2, 0) is 18.4 Å². The van der Waals surface area contributed by atoms with Gasteiger partial charge in [-0.15, -0.1) is 0 Å². The highest BCUT2D eigenvalue weighted by molar-refractivity contribution is 5.95. The summed E-state index contributed by atoms with van der Waals surface area (Å²) >= 11 is 0. The van der Waals surface area contributed by atoms with Crippen LogP contribution in [-0.4, -0.2) is 32.8 Å². The van der Waals surface area contributed by atoms with Crippen LogP contribution in [0.3, 0.4) is 0 Å². The number of hydrogen-bond acceptors (Lipinski definition) is 5. The van der Waals surface area contributed by atoms with E-state index in [1.165, 1.54) is 13.1 Å². The van der Waals surface area contributed by atoms with Gasteiger partial charge in [-0.1, -0.05) is 24.3 Å². The van der Waals surface area contributed by atoms with E-state index in [2.05, 4.69) is 10.4 Å². The first-order valence-corrected chi connectivity index (χ1v) is 9.30. The second kappa shape index (κ2) is 8.35. The molecule has 1 aliphatic rings. The molecule has 0 unspecified atom stereocenters. The first kappa shape index (κ1) is 19.8. The van der Waals surface area contributed by atoms with E-state index in [9.17, 15) is 14.4 Å². The largest absolute Gasteiger partial charge is 0.481 e. The smallest absolute Gasteiger partial charge is 0.306 e. The van der Waals surface area contributed by atoms with Crippen LogP contribution in [0.25, 0.3) is 11.3 Å². The van der Waals surface area contributed by atoms with Gasteiger partial charge in [0.15, 0.2) is 0 Å². The lowest BCUT2D eigenvalue weighted by Gasteiger charge is -2.26. The summed E-state index contributed by atoms with van der Waals surface area (Å²) in [5.41, 5.74) is 7.44. The van der Waals surface area contributed by atoms with Gasteiger partial charge in [-0.25, -0.2) is 4.68 Å². The van der Waals surface area contributed by atoms with Crippen molar-refractivity contribution in [1.29, 1.82) is 0 Å². The summed E-state index contributed by atoms with van der Waals surface area (Å²) in [6.07, 6.45) is 2.21. The molecule has 1 aliphatic carbocycles. The minimum absolute atomic E-state index is 0.0239. The topological polar surface area (TPSA) is 127 Å². The maximum absolute atomic E-state index is 12.7. The predicted octanol–water partition coefficient (Wildman–Crippen LogP) is 1.28. The zero-order valence-corrected chi connectivity index (χ0v) is 15.7. The van der Waals surface area contributed by atoms with Gasteiger partial charge in [0, 0.05) is 25.2 Å². The Hall–Kier alpha value is -3.00. The number of carboxylic acids is 1. The van der Waals surface area contributed by atoms with Gasteiger partial charge in [0.1, 0.15) is 5.56 Å². The van der Waals surface area contributed by atoms with Gasteiger partial charge >= 0.3 is 5.97 Å². The van der Waals surface area contributed by atoms with Crippen molar-refractivity contribution < 1.29 is 14.7 Å². The van der Waals surface area contributed by atoms with E-state index in [-0.39, 0.29) is 17.5 Å². The lowest BCUT2D eigenvalue weighted by atomic mass is 9.86. The molecule has 1 amide bonds. The second-order valence-electron chi connectivity index (χ2n) is 7.13. The summed E-state index contributed by atoms with van der Waals surface area (Å²) in [7, 11) is 1.51. The Morgan fingerprint density at radius 1 is 1.21 bits per heavy atom. The average Bonchev–Trinajstić information content (AvgIpc) is 2.70. The van der Waals surface area contributed by atoms with Crippen LogP contribution in [0.5, 0.6) is 0 Å². The van der Waals surface area contributed by atoms with Crippen LogP contribution in [0.1, 0.15) is 41.6 Å². The Kier molecular flexibility index (Phi) is 5.89. The van der Waals surface area contributed by atoms with E-state index >= 15 is 0 Å². The number of aromatic nitrogens is 2. The number of nitrogens with two attached hydrogens (primary N) is 1. The lowest BCUT2D eigenvalue weighted by molar-refractivity contribution is -0.142. The second-order valence-corrected chi connectivity index (χ2v) is 7.13. The number of aliphatic carboxylic acids is 1. The molecule has 3 rings (SSSR count). The van der Waals surface area contributed by atoms with Gasteiger partial charge in [-0.3, -0.25) is 14.4 Å². The SMILES string of the molecule is Cn1nc(-c2ccc(CN)cc2)cc(C(=O)NC2CCC(C(=O)O)CC2)c1=O. The Bertz CT molecular complexity index is 928. The van der Waals surface area contributed by atoms with Crippen molar-refractivity contribution in [2.45, 2.75) is 38.3 Å². The molecule has 0 aliphatic heterocycles. The Morgan fingerprint density at radius 2 is 1.86 bits per heavy atom. The zero-order valence-electron chi connectivity index (χ0n) is 15.7. The van der Waals surface area contributed by atoms with Gasteiger partial charge in [-0.05, 0) is 37.3 Å². The molecule has 0 atom stereocenters. The Balaban J connectivity index is 1.79.